The fraction of sp³-hybridized carbons (Fsp3) is 0.417. The minimum absolute atomic E-state index is 0.0195. The van der Waals surface area contributed by atoms with E-state index in [4.69, 9.17) is 9.15 Å². The van der Waals surface area contributed by atoms with Crippen LogP contribution in [0.2, 0.25) is 0 Å². The number of rotatable bonds is 5. The van der Waals surface area contributed by atoms with Crippen molar-refractivity contribution in [3.8, 4) is 5.75 Å². The Hall–Kier alpha value is -3.73. The molecule has 41 heavy (non-hydrogen) atoms. The molecule has 0 radical (unpaired) electrons. The molecule has 5 nitrogen and oxygen atoms in total. The lowest BCUT2D eigenvalue weighted by Crippen LogP contribution is -2.63. The second-order valence-corrected chi connectivity index (χ2v) is 13.3. The second-order valence-electron chi connectivity index (χ2n) is 13.3. The van der Waals surface area contributed by atoms with Crippen molar-refractivity contribution in [1.29, 1.82) is 0 Å². The lowest BCUT2D eigenvalue weighted by molar-refractivity contribution is -0.00354. The van der Waals surface area contributed by atoms with Gasteiger partial charge < -0.3 is 19.0 Å². The van der Waals surface area contributed by atoms with Gasteiger partial charge in [0.1, 0.15) is 11.3 Å². The zero-order valence-corrected chi connectivity index (χ0v) is 25.7. The van der Waals surface area contributed by atoms with Crippen molar-refractivity contribution >= 4 is 22.3 Å². The van der Waals surface area contributed by atoms with Gasteiger partial charge in [-0.3, -0.25) is 0 Å². The molecule has 5 heteroatoms. The van der Waals surface area contributed by atoms with E-state index in [2.05, 4.69) is 114 Å². The second kappa shape index (κ2) is 9.40. The zero-order chi connectivity index (χ0) is 29.3. The molecule has 6 rings (SSSR count). The Morgan fingerprint density at radius 1 is 0.951 bits per heavy atom. The summed E-state index contributed by atoms with van der Waals surface area (Å²) in [5.41, 5.74) is 6.91. The predicted octanol–water partition coefficient (Wildman–Crippen LogP) is 7.87. The van der Waals surface area contributed by atoms with Gasteiger partial charge in [0.2, 0.25) is 0 Å². The van der Waals surface area contributed by atoms with E-state index in [0.29, 0.717) is 24.1 Å². The molecular formula is C36H42N2O3. The van der Waals surface area contributed by atoms with E-state index in [0.717, 1.165) is 29.9 Å². The number of benzene rings is 3. The number of aryl methyl sites for hydroxylation is 1. The van der Waals surface area contributed by atoms with Gasteiger partial charge in [-0.1, -0.05) is 50.6 Å². The first-order valence-electron chi connectivity index (χ1n) is 14.9. The highest BCUT2D eigenvalue weighted by Gasteiger charge is 2.61. The maximum absolute atomic E-state index is 13.6. The Labute approximate surface area is 243 Å². The highest BCUT2D eigenvalue weighted by Crippen LogP contribution is 2.57. The van der Waals surface area contributed by atoms with Crippen molar-refractivity contribution < 1.29 is 9.15 Å². The highest BCUT2D eigenvalue weighted by atomic mass is 16.5. The van der Waals surface area contributed by atoms with Gasteiger partial charge in [0.05, 0.1) is 12.0 Å². The topological polar surface area (TPSA) is 45.9 Å². The summed E-state index contributed by atoms with van der Waals surface area (Å²) in [6, 6.07) is 21.4. The van der Waals surface area contributed by atoms with Crippen molar-refractivity contribution in [1.82, 2.24) is 0 Å². The summed E-state index contributed by atoms with van der Waals surface area (Å²) in [5, 5.41) is 0.925. The van der Waals surface area contributed by atoms with Crippen LogP contribution in [-0.4, -0.2) is 18.8 Å². The molecule has 214 valence electrons. The number of hydrogen-bond donors (Lipinski definition) is 0. The van der Waals surface area contributed by atoms with E-state index in [1.54, 1.807) is 0 Å². The number of fused-ring (bicyclic) bond motifs is 5. The summed E-state index contributed by atoms with van der Waals surface area (Å²) in [7, 11) is 0. The van der Waals surface area contributed by atoms with Crippen molar-refractivity contribution in [2.75, 3.05) is 22.9 Å². The van der Waals surface area contributed by atoms with Gasteiger partial charge in [-0.2, -0.15) is 0 Å². The van der Waals surface area contributed by atoms with Gasteiger partial charge in [-0.05, 0) is 81.5 Å². The minimum atomic E-state index is -0.794. The van der Waals surface area contributed by atoms with Crippen LogP contribution in [-0.2, 0) is 23.8 Å². The van der Waals surface area contributed by atoms with Crippen molar-refractivity contribution in [3.05, 3.63) is 98.9 Å². The van der Waals surface area contributed by atoms with Crippen molar-refractivity contribution in [2.45, 2.75) is 84.9 Å². The number of nitrogens with zero attached hydrogens (tertiary/aromatic N) is 2. The SMILES string of the molecule is CCN(CC)c1ccc2cc(CC34Oc5ccc(C)cc5CN3c3ccc(C(C)(C)C)cc3C4(C)C)c(=O)oc2c1. The Balaban J connectivity index is 1.50. The number of anilines is 2. The van der Waals surface area contributed by atoms with E-state index < -0.39 is 11.1 Å². The van der Waals surface area contributed by atoms with Crippen molar-refractivity contribution in [2.24, 2.45) is 0 Å². The van der Waals surface area contributed by atoms with Gasteiger partial charge in [0.15, 0.2) is 5.72 Å². The molecule has 3 aromatic carbocycles. The summed E-state index contributed by atoms with van der Waals surface area (Å²) in [6.45, 7) is 20.2. The molecule has 1 atom stereocenters. The third kappa shape index (κ3) is 4.24. The molecule has 1 aromatic heterocycles. The third-order valence-corrected chi connectivity index (χ3v) is 9.41. The summed E-state index contributed by atoms with van der Waals surface area (Å²) in [4.78, 5) is 18.3. The molecule has 0 saturated carbocycles. The van der Waals surface area contributed by atoms with E-state index in [-0.39, 0.29) is 11.0 Å². The van der Waals surface area contributed by atoms with Crippen LogP contribution in [0.25, 0.3) is 11.0 Å². The van der Waals surface area contributed by atoms with E-state index in [1.165, 1.54) is 27.9 Å². The van der Waals surface area contributed by atoms with Gasteiger partial charge in [-0.15, -0.1) is 0 Å². The standard InChI is InChI=1S/C36H42N2O3/c1-9-37(10-2)28-14-12-24-18-25(33(39)40-32(24)20-28)21-36-35(7,8)29-19-27(34(4,5)6)13-15-30(29)38(36)22-26-17-23(3)11-16-31(26)41-36/h11-20H,9-10,21-22H2,1-8H3. The Morgan fingerprint density at radius 2 is 1.71 bits per heavy atom. The molecule has 2 aliphatic heterocycles. The molecule has 0 aliphatic carbocycles. The monoisotopic (exact) mass is 550 g/mol. The summed E-state index contributed by atoms with van der Waals surface area (Å²) in [5.74, 6) is 0.887. The molecule has 1 unspecified atom stereocenters. The van der Waals surface area contributed by atoms with Crippen molar-refractivity contribution in [3.63, 3.8) is 0 Å². The predicted molar refractivity (Wildman–Crippen MR) is 169 cm³/mol. The molecule has 0 bridgehead atoms. The summed E-state index contributed by atoms with van der Waals surface area (Å²) >= 11 is 0. The largest absolute Gasteiger partial charge is 0.466 e. The van der Waals surface area contributed by atoms with Gasteiger partial charge in [0.25, 0.3) is 0 Å². The van der Waals surface area contributed by atoms with Crippen LogP contribution in [0.4, 0.5) is 11.4 Å². The maximum Gasteiger partial charge on any atom is 0.339 e. The lowest BCUT2D eigenvalue weighted by atomic mass is 9.73. The van der Waals surface area contributed by atoms with Gasteiger partial charge in [-0.25, -0.2) is 4.79 Å². The van der Waals surface area contributed by atoms with Crippen LogP contribution in [0.5, 0.6) is 5.75 Å². The normalized spacial score (nSPS) is 19.0. The first-order chi connectivity index (χ1) is 19.4. The molecule has 0 N–H and O–H groups in total. The molecule has 0 saturated heterocycles. The fourth-order valence-electron chi connectivity index (χ4n) is 6.82. The molecule has 0 fully saturated rings. The number of ether oxygens (including phenoxy) is 1. The van der Waals surface area contributed by atoms with Crippen LogP contribution >= 0.6 is 0 Å². The first kappa shape index (κ1) is 27.4. The third-order valence-electron chi connectivity index (χ3n) is 9.41. The molecule has 3 heterocycles. The fourth-order valence-corrected chi connectivity index (χ4v) is 6.82. The van der Waals surface area contributed by atoms with E-state index in [1.807, 2.05) is 12.1 Å². The minimum Gasteiger partial charge on any atom is -0.466 e. The summed E-state index contributed by atoms with van der Waals surface area (Å²) in [6.07, 6.45) is 0.406. The quantitative estimate of drug-likeness (QED) is 0.237. The molecular weight excluding hydrogens is 508 g/mol. The average molecular weight is 551 g/mol. The van der Waals surface area contributed by atoms with Crippen LogP contribution < -0.4 is 20.2 Å². The molecule has 2 aliphatic rings. The average Bonchev–Trinajstić information content (AvgIpc) is 3.10. The van der Waals surface area contributed by atoms with Gasteiger partial charge >= 0.3 is 5.63 Å². The van der Waals surface area contributed by atoms with Crippen LogP contribution in [0, 0.1) is 6.92 Å². The van der Waals surface area contributed by atoms with E-state index >= 15 is 0 Å². The van der Waals surface area contributed by atoms with Crippen LogP contribution in [0.3, 0.4) is 0 Å². The molecule has 4 aromatic rings. The smallest absolute Gasteiger partial charge is 0.339 e. The molecule has 0 amide bonds. The summed E-state index contributed by atoms with van der Waals surface area (Å²) < 4.78 is 13.1. The zero-order valence-electron chi connectivity index (χ0n) is 25.7. The Kier molecular flexibility index (Phi) is 6.29. The Morgan fingerprint density at radius 3 is 2.41 bits per heavy atom. The lowest BCUT2D eigenvalue weighted by Gasteiger charge is -2.50. The number of hydrogen-bond acceptors (Lipinski definition) is 5. The van der Waals surface area contributed by atoms with Gasteiger partial charge in [0, 0.05) is 53.5 Å². The van der Waals surface area contributed by atoms with Crippen LogP contribution in [0.15, 0.2) is 69.9 Å². The maximum atomic E-state index is 13.6. The Bertz CT molecular complexity index is 1710. The van der Waals surface area contributed by atoms with Crippen LogP contribution in [0.1, 0.15) is 76.3 Å². The first-order valence-corrected chi connectivity index (χ1v) is 14.9. The molecule has 0 spiro atoms. The van der Waals surface area contributed by atoms with E-state index in [9.17, 15) is 4.79 Å². The highest BCUT2D eigenvalue weighted by molar-refractivity contribution is 5.81.